The molecule has 0 aromatic carbocycles. The highest BCUT2D eigenvalue weighted by Gasteiger charge is 2.25. The lowest BCUT2D eigenvalue weighted by Crippen LogP contribution is -2.48. The van der Waals surface area contributed by atoms with Crippen LogP contribution >= 0.6 is 11.6 Å². The van der Waals surface area contributed by atoms with Crippen molar-refractivity contribution in [3.8, 4) is 0 Å². The number of alkyl halides is 1. The molecule has 5 heteroatoms. The number of urea groups is 1. The first-order chi connectivity index (χ1) is 8.17. The maximum Gasteiger partial charge on any atom is 0.321 e. The first-order valence-electron chi connectivity index (χ1n) is 6.33. The lowest BCUT2D eigenvalue weighted by molar-refractivity contribution is -0.119. The molecular weight excluding hydrogens is 240 g/mol. The molecule has 1 saturated carbocycles. The van der Waals surface area contributed by atoms with Crippen LogP contribution in [0.1, 0.15) is 45.4 Å². The summed E-state index contributed by atoms with van der Waals surface area (Å²) < 4.78 is 0. The molecule has 2 unspecified atom stereocenters. The quantitative estimate of drug-likeness (QED) is 0.763. The Balaban J connectivity index is 2.35. The van der Waals surface area contributed by atoms with E-state index in [4.69, 9.17) is 11.6 Å². The van der Waals surface area contributed by atoms with E-state index in [1.807, 2.05) is 0 Å². The summed E-state index contributed by atoms with van der Waals surface area (Å²) in [5.74, 6) is 0.458. The number of carbonyl (C=O) groups excluding carboxylic acids is 2. The van der Waals surface area contributed by atoms with Crippen LogP contribution in [0.25, 0.3) is 0 Å². The molecule has 1 aliphatic carbocycles. The van der Waals surface area contributed by atoms with Gasteiger partial charge >= 0.3 is 6.03 Å². The first kappa shape index (κ1) is 14.3. The monoisotopic (exact) mass is 260 g/mol. The number of nitrogens with one attached hydrogen (secondary N) is 2. The van der Waals surface area contributed by atoms with Crippen LogP contribution in [-0.4, -0.2) is 23.9 Å². The number of imide groups is 1. The summed E-state index contributed by atoms with van der Waals surface area (Å²) in [7, 11) is 0. The van der Waals surface area contributed by atoms with E-state index in [1.54, 1.807) is 0 Å². The third-order valence-corrected chi connectivity index (χ3v) is 3.51. The predicted molar refractivity (Wildman–Crippen MR) is 68.0 cm³/mol. The fourth-order valence-electron chi connectivity index (χ4n) is 2.37. The summed E-state index contributed by atoms with van der Waals surface area (Å²) >= 11 is 5.42. The molecule has 1 aliphatic rings. The zero-order valence-corrected chi connectivity index (χ0v) is 11.1. The van der Waals surface area contributed by atoms with E-state index in [2.05, 4.69) is 17.6 Å². The van der Waals surface area contributed by atoms with Gasteiger partial charge in [0.2, 0.25) is 5.91 Å². The standard InChI is InChI=1S/C12H21ClN2O2/c1-2-9-5-3-4-6-10(9)14-12(17)15-11(16)7-8-13/h9-10H,2-8H2,1H3,(H2,14,15,16,17). The molecule has 0 heterocycles. The van der Waals surface area contributed by atoms with Gasteiger partial charge in [0.1, 0.15) is 0 Å². The van der Waals surface area contributed by atoms with Crippen molar-refractivity contribution in [1.82, 2.24) is 10.6 Å². The molecule has 3 amide bonds. The molecule has 0 radical (unpaired) electrons. The highest BCUT2D eigenvalue weighted by Crippen LogP contribution is 2.26. The van der Waals surface area contributed by atoms with Crippen molar-refractivity contribution in [3.05, 3.63) is 0 Å². The van der Waals surface area contributed by atoms with Gasteiger partial charge in [-0.1, -0.05) is 26.2 Å². The van der Waals surface area contributed by atoms with Crippen molar-refractivity contribution in [2.75, 3.05) is 5.88 Å². The Labute approximate surface area is 107 Å². The normalized spacial score (nSPS) is 24.1. The highest BCUT2D eigenvalue weighted by molar-refractivity contribution is 6.19. The Morgan fingerprint density at radius 1 is 1.29 bits per heavy atom. The summed E-state index contributed by atoms with van der Waals surface area (Å²) in [6, 6.07) is -0.178. The molecule has 0 aromatic heterocycles. The Kier molecular flexibility index (Phi) is 6.34. The largest absolute Gasteiger partial charge is 0.335 e. The molecule has 0 bridgehead atoms. The lowest BCUT2D eigenvalue weighted by Gasteiger charge is -2.31. The molecule has 2 atom stereocenters. The minimum absolute atomic E-state index is 0.177. The Morgan fingerprint density at radius 3 is 2.65 bits per heavy atom. The van der Waals surface area contributed by atoms with Crippen molar-refractivity contribution in [2.45, 2.75) is 51.5 Å². The van der Waals surface area contributed by atoms with Crippen molar-refractivity contribution in [3.63, 3.8) is 0 Å². The SMILES string of the molecule is CCC1CCCCC1NC(=O)NC(=O)CCCl. The van der Waals surface area contributed by atoms with Crippen molar-refractivity contribution in [2.24, 2.45) is 5.92 Å². The second-order valence-electron chi connectivity index (χ2n) is 4.52. The van der Waals surface area contributed by atoms with E-state index in [0.29, 0.717) is 5.92 Å². The first-order valence-corrected chi connectivity index (χ1v) is 6.87. The van der Waals surface area contributed by atoms with Crippen molar-refractivity contribution < 1.29 is 9.59 Å². The molecule has 98 valence electrons. The second-order valence-corrected chi connectivity index (χ2v) is 4.90. The van der Waals surface area contributed by atoms with E-state index in [1.165, 1.54) is 6.42 Å². The van der Waals surface area contributed by atoms with Crippen LogP contribution in [0.15, 0.2) is 0 Å². The van der Waals surface area contributed by atoms with Crippen LogP contribution in [0.2, 0.25) is 0 Å². The summed E-state index contributed by atoms with van der Waals surface area (Å²) in [5.41, 5.74) is 0. The van der Waals surface area contributed by atoms with Crippen LogP contribution in [-0.2, 0) is 4.79 Å². The van der Waals surface area contributed by atoms with E-state index in [-0.39, 0.29) is 30.3 Å². The average Bonchev–Trinajstić information content (AvgIpc) is 2.29. The number of amides is 3. The molecule has 0 saturated heterocycles. The molecule has 1 fully saturated rings. The Hall–Kier alpha value is -0.770. The van der Waals surface area contributed by atoms with Gasteiger partial charge < -0.3 is 5.32 Å². The third-order valence-electron chi connectivity index (χ3n) is 3.32. The highest BCUT2D eigenvalue weighted by atomic mass is 35.5. The van der Waals surface area contributed by atoms with Gasteiger partial charge in [-0.3, -0.25) is 10.1 Å². The molecule has 1 rings (SSSR count). The van der Waals surface area contributed by atoms with E-state index < -0.39 is 0 Å². The molecule has 2 N–H and O–H groups in total. The summed E-state index contributed by atoms with van der Waals surface area (Å²) in [6.45, 7) is 2.14. The van der Waals surface area contributed by atoms with E-state index >= 15 is 0 Å². The molecule has 17 heavy (non-hydrogen) atoms. The fourth-order valence-corrected chi connectivity index (χ4v) is 2.54. The number of hydrogen-bond acceptors (Lipinski definition) is 2. The van der Waals surface area contributed by atoms with Gasteiger partial charge in [-0.05, 0) is 18.8 Å². The van der Waals surface area contributed by atoms with Crippen LogP contribution in [0.4, 0.5) is 4.79 Å². The number of rotatable bonds is 4. The smallest absolute Gasteiger partial charge is 0.321 e. The molecule has 0 aromatic rings. The molecule has 0 aliphatic heterocycles. The number of carbonyl (C=O) groups is 2. The maximum absolute atomic E-state index is 11.6. The van der Waals surface area contributed by atoms with Gasteiger partial charge in [-0.15, -0.1) is 11.6 Å². The summed E-state index contributed by atoms with van der Waals surface area (Å²) in [4.78, 5) is 22.8. The average molecular weight is 261 g/mol. The van der Waals surface area contributed by atoms with Gasteiger partial charge in [0.05, 0.1) is 0 Å². The predicted octanol–water partition coefficient (Wildman–Crippen LogP) is 2.41. The van der Waals surface area contributed by atoms with Gasteiger partial charge in [0.15, 0.2) is 0 Å². The van der Waals surface area contributed by atoms with Crippen molar-refractivity contribution >= 4 is 23.5 Å². The van der Waals surface area contributed by atoms with E-state index in [0.717, 1.165) is 25.7 Å². The number of hydrogen-bond donors (Lipinski definition) is 2. The van der Waals surface area contributed by atoms with Crippen LogP contribution < -0.4 is 10.6 Å². The van der Waals surface area contributed by atoms with Crippen LogP contribution in [0.5, 0.6) is 0 Å². The van der Waals surface area contributed by atoms with Gasteiger partial charge in [0.25, 0.3) is 0 Å². The zero-order chi connectivity index (χ0) is 12.7. The van der Waals surface area contributed by atoms with Crippen LogP contribution in [0, 0.1) is 5.92 Å². The van der Waals surface area contributed by atoms with Crippen molar-refractivity contribution in [1.29, 1.82) is 0 Å². The molecule has 4 nitrogen and oxygen atoms in total. The fraction of sp³-hybridized carbons (Fsp3) is 0.833. The third kappa shape index (κ3) is 4.94. The Morgan fingerprint density at radius 2 is 2.00 bits per heavy atom. The second kappa shape index (κ2) is 7.54. The number of halogens is 1. The minimum atomic E-state index is -0.384. The summed E-state index contributed by atoms with van der Waals surface area (Å²) in [5, 5.41) is 5.19. The molecular formula is C12H21ClN2O2. The zero-order valence-electron chi connectivity index (χ0n) is 10.3. The van der Waals surface area contributed by atoms with E-state index in [9.17, 15) is 9.59 Å². The van der Waals surface area contributed by atoms with Gasteiger partial charge in [0, 0.05) is 18.3 Å². The topological polar surface area (TPSA) is 58.2 Å². The van der Waals surface area contributed by atoms with Gasteiger partial charge in [-0.2, -0.15) is 0 Å². The Bertz CT molecular complexity index is 271. The van der Waals surface area contributed by atoms with Gasteiger partial charge in [-0.25, -0.2) is 4.79 Å². The molecule has 0 spiro atoms. The maximum atomic E-state index is 11.6. The summed E-state index contributed by atoms with van der Waals surface area (Å²) in [6.07, 6.45) is 5.81. The lowest BCUT2D eigenvalue weighted by atomic mass is 9.83. The van der Waals surface area contributed by atoms with Crippen LogP contribution in [0.3, 0.4) is 0 Å². The minimum Gasteiger partial charge on any atom is -0.335 e.